The normalized spacial score (nSPS) is 16.4. The van der Waals surface area contributed by atoms with Crippen LogP contribution in [-0.4, -0.2) is 31.6 Å². The van der Waals surface area contributed by atoms with Crippen LogP contribution in [0, 0.1) is 18.6 Å². The van der Waals surface area contributed by atoms with Crippen LogP contribution in [0.1, 0.15) is 12.0 Å². The van der Waals surface area contributed by atoms with E-state index in [1.807, 2.05) is 0 Å². The van der Waals surface area contributed by atoms with Gasteiger partial charge in [-0.3, -0.25) is 4.79 Å². The lowest BCUT2D eigenvalue weighted by molar-refractivity contribution is -0.118. The average molecular weight is 375 g/mol. The molecule has 1 heterocycles. The third-order valence-electron chi connectivity index (χ3n) is 4.37. The molecule has 27 heavy (non-hydrogen) atoms. The lowest BCUT2D eigenvalue weighted by atomic mass is 10.2. The van der Waals surface area contributed by atoms with E-state index in [-0.39, 0.29) is 23.2 Å². The molecule has 1 atom stereocenters. The van der Waals surface area contributed by atoms with Crippen LogP contribution >= 0.6 is 0 Å². The van der Waals surface area contributed by atoms with E-state index >= 15 is 0 Å². The molecule has 3 amide bonds. The Balaban J connectivity index is 1.62. The SMILES string of the molecule is COc1ccc(NC(=O)NC2CCN(c3ccc(F)c(C)c3)C2=O)cc1F. The highest BCUT2D eigenvalue weighted by atomic mass is 19.1. The van der Waals surface area contributed by atoms with Gasteiger partial charge in [0.25, 0.3) is 0 Å². The smallest absolute Gasteiger partial charge is 0.319 e. The second kappa shape index (κ2) is 7.61. The Morgan fingerprint density at radius 2 is 1.96 bits per heavy atom. The van der Waals surface area contributed by atoms with E-state index in [0.717, 1.165) is 6.07 Å². The molecule has 6 nitrogen and oxygen atoms in total. The lowest BCUT2D eigenvalue weighted by Crippen LogP contribution is -2.43. The number of aryl methyl sites for hydroxylation is 1. The van der Waals surface area contributed by atoms with Gasteiger partial charge in [-0.25, -0.2) is 13.6 Å². The molecule has 1 aliphatic rings. The van der Waals surface area contributed by atoms with Crippen molar-refractivity contribution in [2.75, 3.05) is 23.9 Å². The minimum atomic E-state index is -0.710. The highest BCUT2D eigenvalue weighted by molar-refractivity contribution is 6.02. The molecule has 1 fully saturated rings. The van der Waals surface area contributed by atoms with Gasteiger partial charge in [-0.05, 0) is 49.2 Å². The van der Waals surface area contributed by atoms with Crippen molar-refractivity contribution >= 4 is 23.3 Å². The molecule has 3 rings (SSSR count). The number of carbonyl (C=O) groups is 2. The van der Waals surface area contributed by atoms with Crippen LogP contribution in [0.25, 0.3) is 0 Å². The van der Waals surface area contributed by atoms with Crippen LogP contribution in [-0.2, 0) is 4.79 Å². The Morgan fingerprint density at radius 1 is 1.19 bits per heavy atom. The molecule has 0 aliphatic carbocycles. The fourth-order valence-electron chi connectivity index (χ4n) is 2.94. The maximum Gasteiger partial charge on any atom is 0.319 e. The topological polar surface area (TPSA) is 70.7 Å². The van der Waals surface area contributed by atoms with E-state index < -0.39 is 17.9 Å². The van der Waals surface area contributed by atoms with Gasteiger partial charge in [0.1, 0.15) is 11.9 Å². The molecular formula is C19H19F2N3O3. The number of ether oxygens (including phenoxy) is 1. The van der Waals surface area contributed by atoms with Gasteiger partial charge in [0.15, 0.2) is 11.6 Å². The molecule has 0 bridgehead atoms. The van der Waals surface area contributed by atoms with Gasteiger partial charge in [-0.2, -0.15) is 0 Å². The van der Waals surface area contributed by atoms with Crippen LogP contribution in [0.2, 0.25) is 0 Å². The van der Waals surface area contributed by atoms with E-state index in [1.54, 1.807) is 13.0 Å². The summed E-state index contributed by atoms with van der Waals surface area (Å²) in [7, 11) is 1.35. The number of urea groups is 1. The monoisotopic (exact) mass is 375 g/mol. The van der Waals surface area contributed by atoms with Crippen LogP contribution in [0.3, 0.4) is 0 Å². The van der Waals surface area contributed by atoms with E-state index in [4.69, 9.17) is 4.74 Å². The summed E-state index contributed by atoms with van der Waals surface area (Å²) in [6.45, 7) is 2.03. The second-order valence-corrected chi connectivity index (χ2v) is 6.21. The van der Waals surface area contributed by atoms with Crippen molar-refractivity contribution in [2.24, 2.45) is 0 Å². The highest BCUT2D eigenvalue weighted by Gasteiger charge is 2.33. The third-order valence-corrected chi connectivity index (χ3v) is 4.37. The Bertz CT molecular complexity index is 888. The number of halogens is 2. The Hall–Kier alpha value is -3.16. The molecule has 0 radical (unpaired) electrons. The van der Waals surface area contributed by atoms with Crippen LogP contribution < -0.4 is 20.3 Å². The number of nitrogens with zero attached hydrogens (tertiary/aromatic N) is 1. The molecule has 2 aromatic rings. The predicted molar refractivity (Wildman–Crippen MR) is 97.0 cm³/mol. The minimum Gasteiger partial charge on any atom is -0.494 e. The number of methoxy groups -OCH3 is 1. The van der Waals surface area contributed by atoms with E-state index in [2.05, 4.69) is 10.6 Å². The lowest BCUT2D eigenvalue weighted by Gasteiger charge is -2.18. The first-order chi connectivity index (χ1) is 12.9. The molecule has 2 N–H and O–H groups in total. The fraction of sp³-hybridized carbons (Fsp3) is 0.263. The summed E-state index contributed by atoms with van der Waals surface area (Å²) in [5.74, 6) is -1.16. The van der Waals surface area contributed by atoms with Crippen molar-refractivity contribution in [1.29, 1.82) is 0 Å². The minimum absolute atomic E-state index is 0.0668. The van der Waals surface area contributed by atoms with Gasteiger partial charge in [0, 0.05) is 24.0 Å². The summed E-state index contributed by atoms with van der Waals surface area (Å²) < 4.78 is 31.9. The Labute approximate surface area is 155 Å². The average Bonchev–Trinajstić information content (AvgIpc) is 2.98. The van der Waals surface area contributed by atoms with E-state index in [9.17, 15) is 18.4 Å². The standard InChI is InChI=1S/C19H19F2N3O3/c1-11-9-13(4-5-14(11)20)24-8-7-16(18(24)25)23-19(26)22-12-3-6-17(27-2)15(21)10-12/h3-6,9-10,16H,7-8H2,1-2H3,(H2,22,23,26). The maximum atomic E-state index is 13.7. The first-order valence-electron chi connectivity index (χ1n) is 8.37. The van der Waals surface area contributed by atoms with Crippen molar-refractivity contribution in [3.8, 4) is 5.75 Å². The molecule has 8 heteroatoms. The molecule has 1 unspecified atom stereocenters. The molecule has 0 spiro atoms. The predicted octanol–water partition coefficient (Wildman–Crippen LogP) is 3.21. The quantitative estimate of drug-likeness (QED) is 0.862. The summed E-state index contributed by atoms with van der Waals surface area (Å²) in [4.78, 5) is 26.2. The second-order valence-electron chi connectivity index (χ2n) is 6.21. The number of nitrogens with one attached hydrogen (secondary N) is 2. The van der Waals surface area contributed by atoms with Gasteiger partial charge in [0.05, 0.1) is 7.11 Å². The highest BCUT2D eigenvalue weighted by Crippen LogP contribution is 2.24. The number of rotatable bonds is 4. The summed E-state index contributed by atoms with van der Waals surface area (Å²) >= 11 is 0. The van der Waals surface area contributed by atoms with Gasteiger partial charge in [0.2, 0.25) is 5.91 Å². The third kappa shape index (κ3) is 3.99. The Kier molecular flexibility index (Phi) is 5.25. The molecule has 1 saturated heterocycles. The number of carbonyl (C=O) groups excluding carboxylic acids is 2. The summed E-state index contributed by atoms with van der Waals surface area (Å²) in [5.41, 5.74) is 1.26. The first-order valence-corrected chi connectivity index (χ1v) is 8.37. The van der Waals surface area contributed by atoms with Gasteiger partial charge in [-0.1, -0.05) is 0 Å². The fourth-order valence-corrected chi connectivity index (χ4v) is 2.94. The molecule has 2 aromatic carbocycles. The van der Waals surface area contributed by atoms with Gasteiger partial charge in [-0.15, -0.1) is 0 Å². The summed E-state index contributed by atoms with van der Waals surface area (Å²) in [5, 5.41) is 5.07. The van der Waals surface area contributed by atoms with Gasteiger partial charge >= 0.3 is 6.03 Å². The Morgan fingerprint density at radius 3 is 2.63 bits per heavy atom. The molecule has 0 saturated carbocycles. The van der Waals surface area contributed by atoms with Gasteiger partial charge < -0.3 is 20.3 Å². The van der Waals surface area contributed by atoms with Crippen LogP contribution in [0.4, 0.5) is 25.0 Å². The first kappa shape index (κ1) is 18.6. The maximum absolute atomic E-state index is 13.7. The number of benzene rings is 2. The van der Waals surface area contributed by atoms with E-state index in [0.29, 0.717) is 24.2 Å². The number of hydrogen-bond donors (Lipinski definition) is 2. The molecule has 142 valence electrons. The zero-order valence-corrected chi connectivity index (χ0v) is 14.9. The van der Waals surface area contributed by atoms with E-state index in [1.165, 1.54) is 36.3 Å². The molecular weight excluding hydrogens is 356 g/mol. The van der Waals surface area contributed by atoms with Crippen LogP contribution in [0.15, 0.2) is 36.4 Å². The van der Waals surface area contributed by atoms with Crippen molar-refractivity contribution < 1.29 is 23.1 Å². The van der Waals surface area contributed by atoms with Crippen molar-refractivity contribution in [3.05, 3.63) is 53.6 Å². The number of anilines is 2. The molecule has 1 aliphatic heterocycles. The zero-order chi connectivity index (χ0) is 19.6. The van der Waals surface area contributed by atoms with Crippen molar-refractivity contribution in [3.63, 3.8) is 0 Å². The summed E-state index contributed by atoms with van der Waals surface area (Å²) in [6, 6.07) is 7.12. The van der Waals surface area contributed by atoms with Crippen LogP contribution in [0.5, 0.6) is 5.75 Å². The number of amides is 3. The van der Waals surface area contributed by atoms with Crippen molar-refractivity contribution in [2.45, 2.75) is 19.4 Å². The number of hydrogen-bond acceptors (Lipinski definition) is 3. The summed E-state index contributed by atoms with van der Waals surface area (Å²) in [6.07, 6.45) is 0.416. The zero-order valence-electron chi connectivity index (χ0n) is 14.9. The largest absolute Gasteiger partial charge is 0.494 e. The van der Waals surface area contributed by atoms with Crippen molar-refractivity contribution in [1.82, 2.24) is 5.32 Å². The molecule has 0 aromatic heterocycles.